The lowest BCUT2D eigenvalue weighted by atomic mass is 10.1. The maximum absolute atomic E-state index is 11.6. The van der Waals surface area contributed by atoms with Crippen molar-refractivity contribution in [3.8, 4) is 0 Å². The van der Waals surface area contributed by atoms with E-state index >= 15 is 0 Å². The SMILES string of the molecule is CC(O)c1ccc(NC(=O)NCC(=O)NC(C)(C)C)cc1. The van der Waals surface area contributed by atoms with E-state index in [1.165, 1.54) is 0 Å². The molecule has 1 aromatic rings. The summed E-state index contributed by atoms with van der Waals surface area (Å²) in [6, 6.07) is 6.39. The van der Waals surface area contributed by atoms with E-state index in [0.717, 1.165) is 5.56 Å². The van der Waals surface area contributed by atoms with Gasteiger partial charge in [-0.05, 0) is 45.4 Å². The molecule has 0 fully saturated rings. The lowest BCUT2D eigenvalue weighted by Gasteiger charge is -2.20. The molecule has 0 radical (unpaired) electrons. The Morgan fingerprint density at radius 3 is 2.24 bits per heavy atom. The Kier molecular flexibility index (Phi) is 5.72. The molecule has 1 atom stereocenters. The van der Waals surface area contributed by atoms with Crippen LogP contribution < -0.4 is 16.0 Å². The van der Waals surface area contributed by atoms with Crippen molar-refractivity contribution in [2.75, 3.05) is 11.9 Å². The van der Waals surface area contributed by atoms with Crippen LogP contribution in [-0.4, -0.2) is 29.1 Å². The van der Waals surface area contributed by atoms with Crippen LogP contribution in [0.1, 0.15) is 39.4 Å². The summed E-state index contributed by atoms with van der Waals surface area (Å²) in [4.78, 5) is 23.2. The van der Waals surface area contributed by atoms with Gasteiger partial charge in [-0.2, -0.15) is 0 Å². The Morgan fingerprint density at radius 1 is 1.19 bits per heavy atom. The fourth-order valence-electron chi connectivity index (χ4n) is 1.64. The molecule has 0 saturated heterocycles. The highest BCUT2D eigenvalue weighted by Crippen LogP contribution is 2.15. The number of rotatable bonds is 4. The number of hydrogen-bond acceptors (Lipinski definition) is 3. The fraction of sp³-hybridized carbons (Fsp3) is 0.467. The molecule has 1 aromatic carbocycles. The highest BCUT2D eigenvalue weighted by atomic mass is 16.3. The van der Waals surface area contributed by atoms with Crippen LogP contribution in [0.15, 0.2) is 24.3 Å². The summed E-state index contributed by atoms with van der Waals surface area (Å²) in [5.41, 5.74) is 1.03. The molecule has 1 unspecified atom stereocenters. The second-order valence-corrected chi connectivity index (χ2v) is 5.90. The van der Waals surface area contributed by atoms with Gasteiger partial charge in [-0.25, -0.2) is 4.79 Å². The Morgan fingerprint density at radius 2 is 1.76 bits per heavy atom. The molecule has 116 valence electrons. The molecule has 4 N–H and O–H groups in total. The van der Waals surface area contributed by atoms with Crippen molar-refractivity contribution in [2.24, 2.45) is 0 Å². The van der Waals surface area contributed by atoms with Crippen molar-refractivity contribution in [1.29, 1.82) is 0 Å². The first kappa shape index (κ1) is 17.0. The van der Waals surface area contributed by atoms with Gasteiger partial charge in [-0.1, -0.05) is 12.1 Å². The number of carbonyl (C=O) groups excluding carboxylic acids is 2. The van der Waals surface area contributed by atoms with Crippen LogP contribution in [0.25, 0.3) is 0 Å². The Balaban J connectivity index is 2.42. The van der Waals surface area contributed by atoms with E-state index in [0.29, 0.717) is 5.69 Å². The van der Waals surface area contributed by atoms with E-state index in [4.69, 9.17) is 0 Å². The third kappa shape index (κ3) is 6.76. The number of benzene rings is 1. The minimum absolute atomic E-state index is 0.0884. The van der Waals surface area contributed by atoms with Gasteiger partial charge in [0.05, 0.1) is 12.6 Å². The highest BCUT2D eigenvalue weighted by Gasteiger charge is 2.14. The maximum atomic E-state index is 11.6. The average molecular weight is 293 g/mol. The standard InChI is InChI=1S/C15H23N3O3/c1-10(19)11-5-7-12(8-6-11)17-14(21)16-9-13(20)18-15(2,3)4/h5-8,10,19H,9H2,1-4H3,(H,18,20)(H2,16,17,21). The smallest absolute Gasteiger partial charge is 0.319 e. The molecule has 0 bridgehead atoms. The van der Waals surface area contributed by atoms with Crippen LogP contribution in [0.2, 0.25) is 0 Å². The fourth-order valence-corrected chi connectivity index (χ4v) is 1.64. The lowest BCUT2D eigenvalue weighted by molar-refractivity contribution is -0.121. The Bertz CT molecular complexity index is 490. The summed E-state index contributed by atoms with van der Waals surface area (Å²) >= 11 is 0. The number of nitrogens with one attached hydrogen (secondary N) is 3. The zero-order valence-corrected chi connectivity index (χ0v) is 12.9. The number of urea groups is 1. The maximum Gasteiger partial charge on any atom is 0.319 e. The van der Waals surface area contributed by atoms with Gasteiger partial charge in [0, 0.05) is 11.2 Å². The van der Waals surface area contributed by atoms with Crippen molar-refractivity contribution >= 4 is 17.6 Å². The minimum atomic E-state index is -0.547. The Hall–Kier alpha value is -2.08. The summed E-state index contributed by atoms with van der Waals surface area (Å²) in [6.07, 6.45) is -0.547. The van der Waals surface area contributed by atoms with Crippen molar-refractivity contribution in [2.45, 2.75) is 39.3 Å². The van der Waals surface area contributed by atoms with E-state index in [1.54, 1.807) is 31.2 Å². The molecular formula is C15H23N3O3. The largest absolute Gasteiger partial charge is 0.389 e. The molecule has 0 aliphatic rings. The summed E-state index contributed by atoms with van der Waals surface area (Å²) in [5, 5.41) is 17.2. The van der Waals surface area contributed by atoms with Gasteiger partial charge in [0.15, 0.2) is 0 Å². The second-order valence-electron chi connectivity index (χ2n) is 5.90. The number of amides is 3. The third-order valence-electron chi connectivity index (χ3n) is 2.57. The summed E-state index contributed by atoms with van der Waals surface area (Å²) < 4.78 is 0. The molecule has 0 aliphatic carbocycles. The molecule has 0 spiro atoms. The van der Waals surface area contributed by atoms with Crippen LogP contribution in [0.4, 0.5) is 10.5 Å². The van der Waals surface area contributed by atoms with Gasteiger partial charge in [-0.15, -0.1) is 0 Å². The molecule has 0 aromatic heterocycles. The summed E-state index contributed by atoms with van der Waals surface area (Å²) in [6.45, 7) is 7.19. The van der Waals surface area contributed by atoms with E-state index < -0.39 is 12.1 Å². The van der Waals surface area contributed by atoms with Crippen molar-refractivity contribution in [3.63, 3.8) is 0 Å². The van der Waals surface area contributed by atoms with Crippen LogP contribution in [-0.2, 0) is 4.79 Å². The monoisotopic (exact) mass is 293 g/mol. The number of anilines is 1. The summed E-state index contributed by atoms with van der Waals surface area (Å²) in [7, 11) is 0. The van der Waals surface area contributed by atoms with Crippen molar-refractivity contribution in [1.82, 2.24) is 10.6 Å². The predicted octanol–water partition coefficient (Wildman–Crippen LogP) is 1.78. The quantitative estimate of drug-likeness (QED) is 0.682. The molecule has 0 heterocycles. The van der Waals surface area contributed by atoms with E-state index in [9.17, 15) is 14.7 Å². The van der Waals surface area contributed by atoms with Gasteiger partial charge in [0.1, 0.15) is 0 Å². The van der Waals surface area contributed by atoms with E-state index in [1.807, 2.05) is 20.8 Å². The Labute approximate surface area is 124 Å². The molecule has 6 heteroatoms. The molecule has 21 heavy (non-hydrogen) atoms. The van der Waals surface area contributed by atoms with Gasteiger partial charge in [0.2, 0.25) is 5.91 Å². The molecule has 1 rings (SSSR count). The first-order valence-corrected chi connectivity index (χ1v) is 6.81. The number of aliphatic hydroxyl groups excluding tert-OH is 1. The molecule has 6 nitrogen and oxygen atoms in total. The van der Waals surface area contributed by atoms with Gasteiger partial charge < -0.3 is 21.1 Å². The average Bonchev–Trinajstić information content (AvgIpc) is 2.35. The zero-order chi connectivity index (χ0) is 16.0. The second kappa shape index (κ2) is 7.08. The van der Waals surface area contributed by atoms with Crippen LogP contribution >= 0.6 is 0 Å². The van der Waals surface area contributed by atoms with Crippen molar-refractivity contribution < 1.29 is 14.7 Å². The van der Waals surface area contributed by atoms with Gasteiger partial charge >= 0.3 is 6.03 Å². The highest BCUT2D eigenvalue weighted by molar-refractivity contribution is 5.92. The molecular weight excluding hydrogens is 270 g/mol. The molecule has 3 amide bonds. The van der Waals surface area contributed by atoms with Gasteiger partial charge in [0.25, 0.3) is 0 Å². The van der Waals surface area contributed by atoms with Crippen LogP contribution in [0.5, 0.6) is 0 Å². The zero-order valence-electron chi connectivity index (χ0n) is 12.9. The first-order valence-electron chi connectivity index (χ1n) is 6.81. The normalized spacial score (nSPS) is 12.4. The van der Waals surface area contributed by atoms with E-state index in [-0.39, 0.29) is 18.0 Å². The minimum Gasteiger partial charge on any atom is -0.389 e. The lowest BCUT2D eigenvalue weighted by Crippen LogP contribution is -2.46. The van der Waals surface area contributed by atoms with Gasteiger partial charge in [-0.3, -0.25) is 4.79 Å². The molecule has 0 saturated carbocycles. The topological polar surface area (TPSA) is 90.5 Å². The number of hydrogen-bond donors (Lipinski definition) is 4. The first-order chi connectivity index (χ1) is 9.67. The third-order valence-corrected chi connectivity index (χ3v) is 2.57. The van der Waals surface area contributed by atoms with Crippen LogP contribution in [0, 0.1) is 0 Å². The predicted molar refractivity (Wildman–Crippen MR) is 82.0 cm³/mol. The van der Waals surface area contributed by atoms with Crippen molar-refractivity contribution in [3.05, 3.63) is 29.8 Å². The number of carbonyl (C=O) groups is 2. The number of aliphatic hydroxyl groups is 1. The van der Waals surface area contributed by atoms with E-state index in [2.05, 4.69) is 16.0 Å². The summed E-state index contributed by atoms with van der Waals surface area (Å²) in [5.74, 6) is -0.248. The molecule has 0 aliphatic heterocycles. The van der Waals surface area contributed by atoms with Crippen LogP contribution in [0.3, 0.4) is 0 Å².